The van der Waals surface area contributed by atoms with E-state index in [0.717, 1.165) is 13.5 Å². The van der Waals surface area contributed by atoms with Crippen molar-refractivity contribution in [2.45, 2.75) is 13.0 Å². The molecule has 0 saturated carbocycles. The molecular formula is C23H16BrN3O2S3. The zero-order valence-electron chi connectivity index (χ0n) is 16.7. The number of fused-ring (bicyclic) bond motifs is 1. The molecule has 5 rings (SSSR count). The molecule has 1 amide bonds. The molecule has 0 radical (unpaired) electrons. The maximum Gasteiger partial charge on any atom is 0.271 e. The molecule has 0 saturated heterocycles. The zero-order chi connectivity index (χ0) is 22.2. The van der Waals surface area contributed by atoms with Gasteiger partial charge in [0.2, 0.25) is 0 Å². The van der Waals surface area contributed by atoms with Crippen LogP contribution in [0.3, 0.4) is 0 Å². The number of halogens is 1. The monoisotopic (exact) mass is 541 g/mol. The van der Waals surface area contributed by atoms with E-state index >= 15 is 0 Å². The van der Waals surface area contributed by atoms with E-state index in [4.69, 9.17) is 0 Å². The van der Waals surface area contributed by atoms with E-state index in [1.54, 1.807) is 15.9 Å². The van der Waals surface area contributed by atoms with Crippen LogP contribution in [0.1, 0.15) is 22.7 Å². The summed E-state index contributed by atoms with van der Waals surface area (Å²) in [6, 6.07) is 16.6. The lowest BCUT2D eigenvalue weighted by Crippen LogP contribution is -2.40. The molecule has 0 unspecified atom stereocenters. The molecule has 0 spiro atoms. The van der Waals surface area contributed by atoms with Crippen molar-refractivity contribution < 1.29 is 4.79 Å². The number of allylic oxidation sites excluding steroid dienone is 1. The number of carbonyl (C=O) groups excluding carboxylic acids is 1. The number of thiophene rings is 2. The lowest BCUT2D eigenvalue weighted by molar-refractivity contribution is -0.113. The third kappa shape index (κ3) is 3.97. The van der Waals surface area contributed by atoms with E-state index in [-0.39, 0.29) is 11.5 Å². The SMILES string of the molecule is CC1=C(C(=O)Nc2ccccc2)[C@@H](c2cccs2)n2c(s/c(=C/c3ccc(Br)s3)c2=O)=N1. The molecule has 4 heterocycles. The van der Waals surface area contributed by atoms with Crippen molar-refractivity contribution in [3.8, 4) is 0 Å². The number of rotatable bonds is 4. The fraction of sp³-hybridized carbons (Fsp3) is 0.0870. The highest BCUT2D eigenvalue weighted by Gasteiger charge is 2.33. The van der Waals surface area contributed by atoms with Crippen LogP contribution in [0.2, 0.25) is 0 Å². The highest BCUT2D eigenvalue weighted by atomic mass is 79.9. The molecule has 3 aromatic heterocycles. The van der Waals surface area contributed by atoms with Crippen LogP contribution in [-0.2, 0) is 4.79 Å². The fourth-order valence-corrected chi connectivity index (χ4v) is 6.89. The van der Waals surface area contributed by atoms with Crippen molar-refractivity contribution in [3.63, 3.8) is 0 Å². The van der Waals surface area contributed by atoms with Gasteiger partial charge in [-0.15, -0.1) is 22.7 Å². The molecule has 4 aromatic rings. The van der Waals surface area contributed by atoms with Gasteiger partial charge in [-0.25, -0.2) is 4.99 Å². The quantitative estimate of drug-likeness (QED) is 0.404. The molecule has 1 atom stereocenters. The van der Waals surface area contributed by atoms with Crippen LogP contribution in [0, 0.1) is 0 Å². The Bertz CT molecular complexity index is 1510. The molecule has 160 valence electrons. The van der Waals surface area contributed by atoms with Gasteiger partial charge in [0.05, 0.1) is 19.6 Å². The number of aromatic nitrogens is 1. The van der Waals surface area contributed by atoms with Gasteiger partial charge in [0, 0.05) is 15.4 Å². The van der Waals surface area contributed by atoms with Crippen molar-refractivity contribution >= 4 is 67.6 Å². The van der Waals surface area contributed by atoms with Gasteiger partial charge in [0.15, 0.2) is 4.80 Å². The topological polar surface area (TPSA) is 63.5 Å². The van der Waals surface area contributed by atoms with Gasteiger partial charge in [-0.05, 0) is 64.6 Å². The number of carbonyl (C=O) groups is 1. The molecule has 0 fully saturated rings. The van der Waals surface area contributed by atoms with E-state index in [9.17, 15) is 9.59 Å². The van der Waals surface area contributed by atoms with E-state index < -0.39 is 6.04 Å². The smallest absolute Gasteiger partial charge is 0.271 e. The molecule has 5 nitrogen and oxygen atoms in total. The minimum absolute atomic E-state index is 0.144. The van der Waals surface area contributed by atoms with Crippen molar-refractivity contribution in [2.24, 2.45) is 4.99 Å². The average molecular weight is 543 g/mol. The number of hydrogen-bond donors (Lipinski definition) is 1. The maximum absolute atomic E-state index is 13.5. The van der Waals surface area contributed by atoms with Gasteiger partial charge in [-0.3, -0.25) is 14.2 Å². The minimum Gasteiger partial charge on any atom is -0.322 e. The summed E-state index contributed by atoms with van der Waals surface area (Å²) in [6.07, 6.45) is 1.88. The second kappa shape index (κ2) is 8.74. The number of anilines is 1. The predicted molar refractivity (Wildman–Crippen MR) is 135 cm³/mol. The third-order valence-electron chi connectivity index (χ3n) is 4.98. The Balaban J connectivity index is 1.65. The Morgan fingerprint density at radius 1 is 1.12 bits per heavy atom. The molecule has 0 aliphatic carbocycles. The first kappa shape index (κ1) is 21.3. The first-order valence-corrected chi connectivity index (χ1v) is 13.0. The van der Waals surface area contributed by atoms with Crippen LogP contribution < -0.4 is 20.2 Å². The lowest BCUT2D eigenvalue weighted by atomic mass is 10.0. The number of nitrogens with one attached hydrogen (secondary N) is 1. The van der Waals surface area contributed by atoms with Gasteiger partial charge in [0.1, 0.15) is 6.04 Å². The van der Waals surface area contributed by atoms with Gasteiger partial charge >= 0.3 is 0 Å². The van der Waals surface area contributed by atoms with Crippen LogP contribution in [0.25, 0.3) is 6.08 Å². The second-order valence-corrected chi connectivity index (χ2v) is 11.5. The van der Waals surface area contributed by atoms with Gasteiger partial charge in [0.25, 0.3) is 11.5 Å². The predicted octanol–water partition coefficient (Wildman–Crippen LogP) is 4.76. The Kier molecular flexibility index (Phi) is 5.81. The third-order valence-corrected chi connectivity index (χ3v) is 8.46. The Morgan fingerprint density at radius 2 is 1.94 bits per heavy atom. The van der Waals surface area contributed by atoms with E-state index in [0.29, 0.717) is 26.3 Å². The molecule has 1 aliphatic rings. The largest absolute Gasteiger partial charge is 0.322 e. The first-order chi connectivity index (χ1) is 15.5. The Morgan fingerprint density at radius 3 is 2.62 bits per heavy atom. The number of benzene rings is 1. The number of hydrogen-bond acceptors (Lipinski definition) is 6. The summed E-state index contributed by atoms with van der Waals surface area (Å²) in [5.74, 6) is -0.257. The van der Waals surface area contributed by atoms with Gasteiger partial charge in [-0.1, -0.05) is 35.6 Å². The lowest BCUT2D eigenvalue weighted by Gasteiger charge is -2.24. The van der Waals surface area contributed by atoms with Crippen LogP contribution >= 0.6 is 49.9 Å². The second-order valence-electron chi connectivity index (χ2n) is 7.06. The van der Waals surface area contributed by atoms with E-state index in [2.05, 4.69) is 26.2 Å². The van der Waals surface area contributed by atoms with Crippen LogP contribution in [0.15, 0.2) is 84.8 Å². The van der Waals surface area contributed by atoms with Crippen molar-refractivity contribution in [2.75, 3.05) is 5.32 Å². The summed E-state index contributed by atoms with van der Waals surface area (Å²) in [5, 5.41) is 4.91. The van der Waals surface area contributed by atoms with Gasteiger partial charge < -0.3 is 5.32 Å². The summed E-state index contributed by atoms with van der Waals surface area (Å²) in [6.45, 7) is 1.83. The number of thiazole rings is 1. The highest BCUT2D eigenvalue weighted by molar-refractivity contribution is 9.11. The molecule has 32 heavy (non-hydrogen) atoms. The molecule has 1 aliphatic heterocycles. The first-order valence-electron chi connectivity index (χ1n) is 9.69. The minimum atomic E-state index is -0.521. The Labute approximate surface area is 203 Å². The summed E-state index contributed by atoms with van der Waals surface area (Å²) >= 11 is 7.89. The summed E-state index contributed by atoms with van der Waals surface area (Å²) in [5.41, 5.74) is 1.65. The molecule has 0 bridgehead atoms. The van der Waals surface area contributed by atoms with Crippen LogP contribution in [-0.4, -0.2) is 10.5 Å². The van der Waals surface area contributed by atoms with E-state index in [1.807, 2.05) is 73.0 Å². The molecule has 1 aromatic carbocycles. The number of nitrogens with zero attached hydrogens (tertiary/aromatic N) is 2. The van der Waals surface area contributed by atoms with Gasteiger partial charge in [-0.2, -0.15) is 0 Å². The molecular weight excluding hydrogens is 526 g/mol. The van der Waals surface area contributed by atoms with Crippen molar-refractivity contribution in [3.05, 3.63) is 104 Å². The molecule has 9 heteroatoms. The molecule has 1 N–H and O–H groups in total. The zero-order valence-corrected chi connectivity index (χ0v) is 20.8. The average Bonchev–Trinajstić information content (AvgIpc) is 3.50. The Hall–Kier alpha value is -2.59. The standard InChI is InChI=1S/C23H16BrN3O2S3/c1-13-19(21(28)26-14-6-3-2-4-7-14)20(16-8-5-11-30-16)27-22(29)17(32-23(27)25-13)12-15-9-10-18(24)31-15/h2-12,20H,1H3,(H,26,28)/b17-12+/t20-/m1/s1. The maximum atomic E-state index is 13.5. The van der Waals surface area contributed by atoms with Crippen LogP contribution in [0.5, 0.6) is 0 Å². The van der Waals surface area contributed by atoms with E-state index in [1.165, 1.54) is 22.7 Å². The number of amides is 1. The van der Waals surface area contributed by atoms with Crippen molar-refractivity contribution in [1.82, 2.24) is 4.57 Å². The highest BCUT2D eigenvalue weighted by Crippen LogP contribution is 2.33. The summed E-state index contributed by atoms with van der Waals surface area (Å²) in [4.78, 5) is 34.0. The fourth-order valence-electron chi connectivity index (χ4n) is 3.58. The number of para-hydroxylation sites is 1. The van der Waals surface area contributed by atoms with Crippen molar-refractivity contribution in [1.29, 1.82) is 0 Å². The normalized spacial score (nSPS) is 16.1. The van der Waals surface area contributed by atoms with Crippen LogP contribution in [0.4, 0.5) is 5.69 Å². The summed E-state index contributed by atoms with van der Waals surface area (Å²) in [7, 11) is 0. The summed E-state index contributed by atoms with van der Waals surface area (Å²) < 4.78 is 3.25.